The van der Waals surface area contributed by atoms with Gasteiger partial charge < -0.3 is 10.3 Å². The van der Waals surface area contributed by atoms with Gasteiger partial charge in [0.1, 0.15) is 10.1 Å². The Balaban J connectivity index is 1.67. The van der Waals surface area contributed by atoms with E-state index in [0.29, 0.717) is 16.5 Å². The summed E-state index contributed by atoms with van der Waals surface area (Å²) in [5, 5.41) is 3.84. The van der Waals surface area contributed by atoms with Crippen LogP contribution in [0.5, 0.6) is 0 Å². The van der Waals surface area contributed by atoms with Crippen LogP contribution in [0.1, 0.15) is 54.4 Å². The molecule has 7 heteroatoms. The Morgan fingerprint density at radius 2 is 2.07 bits per heavy atom. The minimum absolute atomic E-state index is 0.0312. The maximum atomic E-state index is 13.0. The molecule has 1 saturated carbocycles. The summed E-state index contributed by atoms with van der Waals surface area (Å²) < 4.78 is 0. The molecule has 2 atom stereocenters. The van der Waals surface area contributed by atoms with Gasteiger partial charge in [-0.15, -0.1) is 11.3 Å². The van der Waals surface area contributed by atoms with E-state index in [4.69, 9.17) is 4.98 Å². The van der Waals surface area contributed by atoms with Crippen molar-refractivity contribution >= 4 is 39.2 Å². The van der Waals surface area contributed by atoms with E-state index < -0.39 is 5.25 Å². The summed E-state index contributed by atoms with van der Waals surface area (Å²) in [5.74, 6) is 0.486. The number of aryl methyl sites for hydroxylation is 1. The van der Waals surface area contributed by atoms with E-state index in [0.717, 1.165) is 46.5 Å². The molecule has 1 fully saturated rings. The second kappa shape index (κ2) is 8.94. The number of hydrogen-bond acceptors (Lipinski definition) is 5. The minimum Gasteiger partial charge on any atom is -0.352 e. The fourth-order valence-electron chi connectivity index (χ4n) is 3.47. The van der Waals surface area contributed by atoms with Crippen molar-refractivity contribution in [1.82, 2.24) is 15.3 Å². The number of amides is 1. The first kappa shape index (κ1) is 21.1. The number of benzene rings is 1. The van der Waals surface area contributed by atoms with Crippen LogP contribution in [0.3, 0.4) is 0 Å². The van der Waals surface area contributed by atoms with Gasteiger partial charge in [0.25, 0.3) is 5.56 Å². The molecule has 158 valence electrons. The molecule has 3 aromatic rings. The number of fused-ring (bicyclic) bond motifs is 1. The molecule has 2 heterocycles. The van der Waals surface area contributed by atoms with Gasteiger partial charge in [-0.05, 0) is 43.2 Å². The molecule has 0 radical (unpaired) electrons. The number of rotatable bonds is 8. The average Bonchev–Trinajstić information content (AvgIpc) is 3.49. The minimum atomic E-state index is -0.451. The number of carbonyl (C=O) groups excluding carboxylic acids is 1. The van der Waals surface area contributed by atoms with Crippen molar-refractivity contribution in [2.45, 2.75) is 62.9 Å². The lowest BCUT2D eigenvalue weighted by Crippen LogP contribution is -2.30. The third-order valence-corrected chi connectivity index (χ3v) is 7.76. The van der Waals surface area contributed by atoms with Crippen molar-refractivity contribution in [2.24, 2.45) is 5.92 Å². The third-order valence-electron chi connectivity index (χ3n) is 5.58. The number of aromatic amines is 1. The molecular weight excluding hydrogens is 414 g/mol. The van der Waals surface area contributed by atoms with Gasteiger partial charge in [-0.25, -0.2) is 4.98 Å². The van der Waals surface area contributed by atoms with Crippen molar-refractivity contribution < 1.29 is 4.79 Å². The Hall–Kier alpha value is -2.12. The quantitative estimate of drug-likeness (QED) is 0.381. The number of hydrogen-bond donors (Lipinski definition) is 2. The van der Waals surface area contributed by atoms with Crippen molar-refractivity contribution in [3.8, 4) is 0 Å². The second-order valence-electron chi connectivity index (χ2n) is 8.10. The van der Waals surface area contributed by atoms with Gasteiger partial charge >= 0.3 is 0 Å². The zero-order valence-corrected chi connectivity index (χ0v) is 19.2. The van der Waals surface area contributed by atoms with Crippen LogP contribution in [0.4, 0.5) is 0 Å². The molecule has 0 saturated heterocycles. The normalized spacial score (nSPS) is 15.8. The monoisotopic (exact) mass is 441 g/mol. The average molecular weight is 442 g/mol. The molecule has 1 amide bonds. The molecule has 30 heavy (non-hydrogen) atoms. The first-order chi connectivity index (χ1) is 14.5. The summed E-state index contributed by atoms with van der Waals surface area (Å²) in [6.45, 7) is 6.44. The highest BCUT2D eigenvalue weighted by molar-refractivity contribution is 8.00. The van der Waals surface area contributed by atoms with Crippen LogP contribution in [-0.2, 0) is 11.2 Å². The number of nitrogens with one attached hydrogen (secondary N) is 2. The Kier molecular flexibility index (Phi) is 6.29. The topological polar surface area (TPSA) is 74.8 Å². The predicted molar refractivity (Wildman–Crippen MR) is 124 cm³/mol. The third kappa shape index (κ3) is 4.62. The summed E-state index contributed by atoms with van der Waals surface area (Å²) in [4.78, 5) is 35.5. The number of thiophene rings is 1. The molecular formula is C23H27N3O2S2. The molecule has 0 unspecified atom stereocenters. The van der Waals surface area contributed by atoms with Crippen LogP contribution in [0.15, 0.2) is 40.3 Å². The second-order valence-corrected chi connectivity index (χ2v) is 10.4. The fraction of sp³-hybridized carbons (Fsp3) is 0.435. The van der Waals surface area contributed by atoms with Gasteiger partial charge in [0.2, 0.25) is 5.91 Å². The van der Waals surface area contributed by atoms with Gasteiger partial charge in [-0.1, -0.05) is 62.4 Å². The molecule has 0 spiro atoms. The number of aromatic nitrogens is 2. The molecule has 2 N–H and O–H groups in total. The van der Waals surface area contributed by atoms with E-state index in [2.05, 4.69) is 31.1 Å². The van der Waals surface area contributed by atoms with E-state index in [1.165, 1.54) is 11.8 Å². The Morgan fingerprint density at radius 3 is 2.73 bits per heavy atom. The molecule has 5 nitrogen and oxygen atoms in total. The van der Waals surface area contributed by atoms with Gasteiger partial charge in [0.15, 0.2) is 5.16 Å². The lowest BCUT2D eigenvalue weighted by molar-refractivity contribution is -0.120. The number of thioether (sulfide) groups is 1. The smallest absolute Gasteiger partial charge is 0.260 e. The Bertz CT molecular complexity index is 1100. The van der Waals surface area contributed by atoms with Crippen LogP contribution >= 0.6 is 23.1 Å². The summed E-state index contributed by atoms with van der Waals surface area (Å²) in [6, 6.07) is 9.96. The highest BCUT2D eigenvalue weighted by Crippen LogP contribution is 2.36. The molecule has 1 aromatic carbocycles. The van der Waals surface area contributed by atoms with Crippen LogP contribution in [0.25, 0.3) is 10.2 Å². The van der Waals surface area contributed by atoms with Crippen molar-refractivity contribution in [2.75, 3.05) is 0 Å². The SMILES string of the molecule is CC[C@H](C)Cc1c(C)sc2nc(S[C@@H](C(=O)NC3CC3)c3ccccc3)[nH]c(=O)c12. The maximum Gasteiger partial charge on any atom is 0.260 e. The zero-order valence-electron chi connectivity index (χ0n) is 17.5. The molecule has 1 aliphatic carbocycles. The Morgan fingerprint density at radius 1 is 1.33 bits per heavy atom. The van der Waals surface area contributed by atoms with Crippen molar-refractivity contribution in [3.05, 3.63) is 56.7 Å². The summed E-state index contributed by atoms with van der Waals surface area (Å²) in [6.07, 6.45) is 4.03. The van der Waals surface area contributed by atoms with Gasteiger partial charge in [0, 0.05) is 10.9 Å². The standard InChI is InChI=1S/C23H27N3O2S2/c1-4-13(2)12-17-14(3)29-22-18(17)20(27)25-23(26-22)30-19(15-8-6-5-7-9-15)21(28)24-16-10-11-16/h5-9,13,16,19H,4,10-12H2,1-3H3,(H,24,28)(H,25,26,27)/t13-,19+/m0/s1. The lowest BCUT2D eigenvalue weighted by Gasteiger charge is -2.16. The zero-order chi connectivity index (χ0) is 21.3. The lowest BCUT2D eigenvalue weighted by atomic mass is 9.98. The molecule has 2 aromatic heterocycles. The van der Waals surface area contributed by atoms with Gasteiger partial charge in [-0.3, -0.25) is 9.59 Å². The van der Waals surface area contributed by atoms with Crippen LogP contribution in [0.2, 0.25) is 0 Å². The maximum absolute atomic E-state index is 13.0. The largest absolute Gasteiger partial charge is 0.352 e. The summed E-state index contributed by atoms with van der Waals surface area (Å²) in [7, 11) is 0. The highest BCUT2D eigenvalue weighted by Gasteiger charge is 2.30. The number of nitrogens with zero attached hydrogens (tertiary/aromatic N) is 1. The molecule has 4 rings (SSSR count). The molecule has 0 bridgehead atoms. The van der Waals surface area contributed by atoms with Gasteiger partial charge in [-0.2, -0.15) is 0 Å². The highest BCUT2D eigenvalue weighted by atomic mass is 32.2. The van der Waals surface area contributed by atoms with E-state index in [9.17, 15) is 9.59 Å². The number of carbonyl (C=O) groups is 1. The van der Waals surface area contributed by atoms with Gasteiger partial charge in [0.05, 0.1) is 5.39 Å². The molecule has 1 aliphatic rings. The number of H-pyrrole nitrogens is 1. The van der Waals surface area contributed by atoms with Crippen molar-refractivity contribution in [3.63, 3.8) is 0 Å². The first-order valence-corrected chi connectivity index (χ1v) is 12.2. The van der Waals surface area contributed by atoms with Crippen molar-refractivity contribution in [1.29, 1.82) is 0 Å². The summed E-state index contributed by atoms with van der Waals surface area (Å²) in [5.41, 5.74) is 1.91. The summed E-state index contributed by atoms with van der Waals surface area (Å²) >= 11 is 2.88. The van der Waals surface area contributed by atoms with Crippen LogP contribution < -0.4 is 10.9 Å². The van der Waals surface area contributed by atoms with E-state index in [1.807, 2.05) is 30.3 Å². The van der Waals surface area contributed by atoms with E-state index >= 15 is 0 Å². The predicted octanol–water partition coefficient (Wildman–Crippen LogP) is 4.99. The molecule has 0 aliphatic heterocycles. The van der Waals surface area contributed by atoms with E-state index in [-0.39, 0.29) is 17.5 Å². The van der Waals surface area contributed by atoms with E-state index in [1.54, 1.807) is 11.3 Å². The van der Waals surface area contributed by atoms with Crippen LogP contribution in [0, 0.1) is 12.8 Å². The van der Waals surface area contributed by atoms with Crippen LogP contribution in [-0.4, -0.2) is 21.9 Å². The Labute approximate surface area is 184 Å². The first-order valence-electron chi connectivity index (χ1n) is 10.5. The fourth-order valence-corrected chi connectivity index (χ4v) is 5.57.